The van der Waals surface area contributed by atoms with Crippen LogP contribution < -0.4 is 0 Å². The van der Waals surface area contributed by atoms with Gasteiger partial charge in [-0.2, -0.15) is 0 Å². The number of furan rings is 3. The molecule has 0 fully saturated rings. The van der Waals surface area contributed by atoms with E-state index < -0.39 is 0 Å². The molecule has 0 spiro atoms. The van der Waals surface area contributed by atoms with E-state index in [-0.39, 0.29) is 0 Å². The Morgan fingerprint density at radius 3 is 0.657 bits per heavy atom. The van der Waals surface area contributed by atoms with Crippen molar-refractivity contribution in [1.82, 2.24) is 0 Å². The Labute approximate surface area is 787 Å². The molecule has 3 heterocycles. The highest BCUT2D eigenvalue weighted by molar-refractivity contribution is 6.36. The highest BCUT2D eigenvalue weighted by Gasteiger charge is 2.27. The maximum Gasteiger partial charge on any atom is 0.143 e. The zero-order chi connectivity index (χ0) is 89.9. The molecule has 0 bridgehead atoms. The largest absolute Gasteiger partial charge is 0.455 e. The third-order valence-electron chi connectivity index (χ3n) is 29.1. The smallest absolute Gasteiger partial charge is 0.143 e. The molecule has 0 radical (unpaired) electrons. The molecule has 0 aliphatic heterocycles. The molecule has 0 atom stereocenters. The van der Waals surface area contributed by atoms with E-state index >= 15 is 0 Å². The first-order valence-electron chi connectivity index (χ1n) is 47.2. The molecule has 27 aromatic carbocycles. The Morgan fingerprint density at radius 1 is 0.109 bits per heavy atom. The molecule has 0 aliphatic carbocycles. The molecule has 30 aromatic rings. The van der Waals surface area contributed by atoms with Gasteiger partial charge in [0.25, 0.3) is 0 Å². The number of fused-ring (bicyclic) bond motifs is 33. The molecule has 3 aromatic heterocycles. The fraction of sp³-hybridized carbons (Fsp3) is 0. The number of rotatable bonds is 7. The van der Waals surface area contributed by atoms with Crippen molar-refractivity contribution in [3.05, 3.63) is 485 Å². The molecule has 137 heavy (non-hydrogen) atoms. The molecular weight excluding hydrogens is 1660 g/mol. The molecule has 0 unspecified atom stereocenters. The van der Waals surface area contributed by atoms with Gasteiger partial charge in [-0.3, -0.25) is 0 Å². The summed E-state index contributed by atoms with van der Waals surface area (Å²) in [5.41, 5.74) is 23.0. The van der Waals surface area contributed by atoms with Gasteiger partial charge < -0.3 is 13.3 Å². The summed E-state index contributed by atoms with van der Waals surface area (Å²) in [5, 5.41) is 41.7. The maximum atomic E-state index is 6.69. The lowest BCUT2D eigenvalue weighted by Crippen LogP contribution is -1.92. The van der Waals surface area contributed by atoms with Gasteiger partial charge >= 0.3 is 0 Å². The van der Waals surface area contributed by atoms with Gasteiger partial charge in [0.05, 0.1) is 0 Å². The normalized spacial score (nSPS) is 11.9. The zero-order valence-electron chi connectivity index (χ0n) is 74.4. The molecule has 0 amide bonds. The lowest BCUT2D eigenvalue weighted by Gasteiger charge is -2.19. The fourth-order valence-corrected chi connectivity index (χ4v) is 23.3. The Balaban J connectivity index is 0.000000102. The van der Waals surface area contributed by atoms with Crippen LogP contribution in [0.25, 0.3) is 295 Å². The van der Waals surface area contributed by atoms with Crippen LogP contribution in [0.3, 0.4) is 0 Å². The highest BCUT2D eigenvalue weighted by Crippen LogP contribution is 2.54. The Hall–Kier alpha value is -18.0. The van der Waals surface area contributed by atoms with Crippen LogP contribution in [-0.4, -0.2) is 0 Å². The van der Waals surface area contributed by atoms with E-state index in [0.29, 0.717) is 0 Å². The van der Waals surface area contributed by atoms with E-state index in [1.807, 2.05) is 0 Å². The topological polar surface area (TPSA) is 39.4 Å². The molecular formula is C134H80O3. The van der Waals surface area contributed by atoms with Gasteiger partial charge in [-0.05, 0) is 255 Å². The van der Waals surface area contributed by atoms with Crippen molar-refractivity contribution in [2.75, 3.05) is 0 Å². The van der Waals surface area contributed by atoms with Crippen molar-refractivity contribution >= 4 is 217 Å². The van der Waals surface area contributed by atoms with Crippen molar-refractivity contribution in [3.8, 4) is 77.9 Å². The zero-order valence-corrected chi connectivity index (χ0v) is 74.4. The monoisotopic (exact) mass is 1740 g/mol. The average Bonchev–Trinajstić information content (AvgIpc) is 1.66. The van der Waals surface area contributed by atoms with Crippen LogP contribution in [-0.2, 0) is 0 Å². The second-order valence-electron chi connectivity index (χ2n) is 36.3. The second-order valence-corrected chi connectivity index (χ2v) is 36.3. The van der Waals surface area contributed by atoms with Crippen molar-refractivity contribution in [2.45, 2.75) is 0 Å². The average molecular weight is 1740 g/mol. The minimum atomic E-state index is 0.910. The summed E-state index contributed by atoms with van der Waals surface area (Å²) in [6.07, 6.45) is 0. The highest BCUT2D eigenvalue weighted by atomic mass is 16.3. The van der Waals surface area contributed by atoms with Crippen LogP contribution in [0.5, 0.6) is 0 Å². The first-order valence-corrected chi connectivity index (χ1v) is 47.2. The standard InChI is InChI=1S/C48H28O.C46H28O.C40H24O/c1-2-14-31-29(13-1)27-42(35-18-4-3-15-32(31)35)46-39-22-10-8-20-37(39)45(38-21-9-11-23-40(38)46)30-25-26-44-43(28-30)47-36-19-7-5-16-33(36)34-17-6-12-24-41(34)48(47)49-44;1-2-14-29(15-3-1)31-16-4-7-19-34(31)44-38-23-11-9-21-36(38)43(37-22-10-12-24-39(37)44)30-26-27-42-41(28-30)45-35-20-8-5-17-32(35)33-18-6-13-25-40(33)46(45)47-42;1-2-12-25(13-3-1)37-30-17-7-9-19-32(30)38(33-20-10-8-18-31(33)37)26-22-23-36-35(24-26)39-29-16-6-4-14-27(29)28-15-5-11-21-34(28)40(39)41-36/h1-28H;1-28H;1-24H. The summed E-state index contributed by atoms with van der Waals surface area (Å²) >= 11 is 0. The predicted molar refractivity (Wildman–Crippen MR) is 584 cm³/mol. The van der Waals surface area contributed by atoms with Gasteiger partial charge in [-0.1, -0.05) is 443 Å². The molecule has 0 saturated heterocycles. The molecule has 634 valence electrons. The van der Waals surface area contributed by atoms with Crippen molar-refractivity contribution < 1.29 is 13.3 Å². The third-order valence-corrected chi connectivity index (χ3v) is 29.1. The van der Waals surface area contributed by atoms with Gasteiger partial charge in [0.15, 0.2) is 0 Å². The quantitative estimate of drug-likeness (QED) is 0.118. The van der Waals surface area contributed by atoms with Crippen molar-refractivity contribution in [2.24, 2.45) is 0 Å². The maximum absolute atomic E-state index is 6.69. The van der Waals surface area contributed by atoms with Crippen LogP contribution >= 0.6 is 0 Å². The lowest BCUT2D eigenvalue weighted by atomic mass is 9.83. The van der Waals surface area contributed by atoms with E-state index in [4.69, 9.17) is 13.3 Å². The van der Waals surface area contributed by atoms with E-state index in [2.05, 4.69) is 485 Å². The number of hydrogen-bond donors (Lipinski definition) is 0. The van der Waals surface area contributed by atoms with Crippen LogP contribution in [0, 0.1) is 0 Å². The Kier molecular flexibility index (Phi) is 17.8. The van der Waals surface area contributed by atoms with Gasteiger partial charge in [0.2, 0.25) is 0 Å². The van der Waals surface area contributed by atoms with E-state index in [0.717, 1.165) is 65.8 Å². The van der Waals surface area contributed by atoms with Gasteiger partial charge in [-0.15, -0.1) is 0 Å². The molecule has 0 aliphatic rings. The first-order chi connectivity index (χ1) is 68.0. The van der Waals surface area contributed by atoms with E-state index in [1.54, 1.807) is 0 Å². The van der Waals surface area contributed by atoms with Gasteiger partial charge in [0, 0.05) is 48.5 Å². The lowest BCUT2D eigenvalue weighted by molar-refractivity contribution is 0.672. The minimum Gasteiger partial charge on any atom is -0.455 e. The van der Waals surface area contributed by atoms with Crippen molar-refractivity contribution in [1.29, 1.82) is 0 Å². The SMILES string of the molecule is c1ccc(-c2c3ccccc3c(-c3ccc4oc5c6ccccc6c6ccccc6c5c4c3)c3ccccc23)cc1.c1ccc(-c2ccccc2-c2c3ccccc3c(-c3ccc4oc5c6ccccc6c6ccccc6c5c4c3)c3ccccc23)cc1.c1ccc2c(c1)cc(-c1c3ccccc3c(-c3ccc4oc5c6ccccc6c6ccccc6c5c4c3)c3ccccc13)c1ccccc12. The predicted octanol–water partition coefficient (Wildman–Crippen LogP) is 38.6. The van der Waals surface area contributed by atoms with E-state index in [1.165, 1.54) is 229 Å². The van der Waals surface area contributed by atoms with Crippen LogP contribution in [0.2, 0.25) is 0 Å². The van der Waals surface area contributed by atoms with E-state index in [9.17, 15) is 0 Å². The summed E-state index contributed by atoms with van der Waals surface area (Å²) in [7, 11) is 0. The molecule has 30 rings (SSSR count). The molecule has 0 saturated carbocycles. The van der Waals surface area contributed by atoms with Crippen molar-refractivity contribution in [3.63, 3.8) is 0 Å². The third kappa shape index (κ3) is 12.1. The number of benzene rings is 27. The first kappa shape index (κ1) is 77.7. The number of hydrogen-bond acceptors (Lipinski definition) is 3. The van der Waals surface area contributed by atoms with Crippen LogP contribution in [0.15, 0.2) is 499 Å². The van der Waals surface area contributed by atoms with Gasteiger partial charge in [-0.25, -0.2) is 0 Å². The van der Waals surface area contributed by atoms with Crippen LogP contribution in [0.1, 0.15) is 0 Å². The summed E-state index contributed by atoms with van der Waals surface area (Å²) in [6, 6.07) is 176. The molecule has 0 N–H and O–H groups in total. The fourth-order valence-electron chi connectivity index (χ4n) is 23.3. The molecule has 3 heteroatoms. The summed E-state index contributed by atoms with van der Waals surface area (Å²) in [6.45, 7) is 0. The summed E-state index contributed by atoms with van der Waals surface area (Å²) < 4.78 is 20.0. The second kappa shape index (κ2) is 31.3. The Bertz CT molecular complexity index is 10200. The summed E-state index contributed by atoms with van der Waals surface area (Å²) in [5.74, 6) is 0. The minimum absolute atomic E-state index is 0.910. The van der Waals surface area contributed by atoms with Crippen LogP contribution in [0.4, 0.5) is 0 Å². The molecule has 3 nitrogen and oxygen atoms in total. The summed E-state index contributed by atoms with van der Waals surface area (Å²) in [4.78, 5) is 0. The Morgan fingerprint density at radius 2 is 0.328 bits per heavy atom. The van der Waals surface area contributed by atoms with Gasteiger partial charge in [0.1, 0.15) is 33.5 Å².